The Labute approximate surface area is 112 Å². The number of carbonyl (C=O) groups excluding carboxylic acids is 1. The second-order valence-electron chi connectivity index (χ2n) is 3.70. The van der Waals surface area contributed by atoms with E-state index in [4.69, 9.17) is 0 Å². The maximum Gasteiger partial charge on any atom is 0.349 e. The number of hydrogen-bond donors (Lipinski definition) is 0. The first kappa shape index (κ1) is 13.2. The zero-order valence-corrected chi connectivity index (χ0v) is 11.1. The van der Waals surface area contributed by atoms with E-state index in [0.29, 0.717) is 21.1 Å². The minimum Gasteiger partial charge on any atom is -0.465 e. The molecule has 1 aromatic carbocycles. The summed E-state index contributed by atoms with van der Waals surface area (Å²) in [4.78, 5) is 26.6. The van der Waals surface area contributed by atoms with Crippen molar-refractivity contribution in [1.29, 1.82) is 0 Å². The molecule has 0 saturated carbocycles. The highest BCUT2D eigenvalue weighted by molar-refractivity contribution is 7.17. The number of para-hydroxylation sites is 1. The van der Waals surface area contributed by atoms with Gasteiger partial charge in [0, 0.05) is 6.07 Å². The summed E-state index contributed by atoms with van der Waals surface area (Å²) in [7, 11) is 1.28. The molecule has 0 saturated heterocycles. The molecule has 0 fully saturated rings. The SMILES string of the molecule is COC(=O)c1sc(-c2ccccc2[N+](=O)[O-])nc1C. The lowest BCUT2D eigenvalue weighted by atomic mass is 10.2. The van der Waals surface area contributed by atoms with Gasteiger partial charge in [-0.05, 0) is 13.0 Å². The predicted molar refractivity (Wildman–Crippen MR) is 70.3 cm³/mol. The maximum absolute atomic E-state index is 11.5. The minimum atomic E-state index is -0.486. The van der Waals surface area contributed by atoms with Gasteiger partial charge in [-0.25, -0.2) is 9.78 Å². The van der Waals surface area contributed by atoms with Crippen LogP contribution in [0.3, 0.4) is 0 Å². The molecule has 2 rings (SSSR count). The van der Waals surface area contributed by atoms with Gasteiger partial charge in [0.2, 0.25) is 0 Å². The smallest absolute Gasteiger partial charge is 0.349 e. The van der Waals surface area contributed by atoms with Crippen molar-refractivity contribution in [1.82, 2.24) is 4.98 Å². The highest BCUT2D eigenvalue weighted by Crippen LogP contribution is 2.34. The lowest BCUT2D eigenvalue weighted by molar-refractivity contribution is -0.384. The van der Waals surface area contributed by atoms with Gasteiger partial charge in [0.25, 0.3) is 5.69 Å². The molecule has 0 atom stereocenters. The summed E-state index contributed by atoms with van der Waals surface area (Å²) in [5.74, 6) is -0.486. The number of ether oxygens (including phenoxy) is 1. The van der Waals surface area contributed by atoms with E-state index < -0.39 is 10.9 Å². The van der Waals surface area contributed by atoms with Crippen molar-refractivity contribution in [3.8, 4) is 10.6 Å². The van der Waals surface area contributed by atoms with Gasteiger partial charge in [-0.3, -0.25) is 10.1 Å². The van der Waals surface area contributed by atoms with E-state index in [-0.39, 0.29) is 5.69 Å². The van der Waals surface area contributed by atoms with Crippen LogP contribution in [0.5, 0.6) is 0 Å². The van der Waals surface area contributed by atoms with E-state index in [0.717, 1.165) is 11.3 Å². The summed E-state index contributed by atoms with van der Waals surface area (Å²) in [6.45, 7) is 1.67. The highest BCUT2D eigenvalue weighted by Gasteiger charge is 2.21. The molecule has 0 N–H and O–H groups in total. The number of nitro benzene ring substituents is 1. The van der Waals surface area contributed by atoms with Gasteiger partial charge in [0.1, 0.15) is 9.88 Å². The molecule has 0 aliphatic rings. The van der Waals surface area contributed by atoms with Gasteiger partial charge in [0.15, 0.2) is 0 Å². The fraction of sp³-hybridized carbons (Fsp3) is 0.167. The molecule has 1 heterocycles. The predicted octanol–water partition coefficient (Wildman–Crippen LogP) is 2.81. The van der Waals surface area contributed by atoms with Crippen molar-refractivity contribution in [2.24, 2.45) is 0 Å². The van der Waals surface area contributed by atoms with Crippen LogP contribution in [-0.2, 0) is 4.74 Å². The average Bonchev–Trinajstić information content (AvgIpc) is 2.79. The van der Waals surface area contributed by atoms with Gasteiger partial charge < -0.3 is 4.74 Å². The Hall–Kier alpha value is -2.28. The fourth-order valence-electron chi connectivity index (χ4n) is 1.61. The Morgan fingerprint density at radius 3 is 2.74 bits per heavy atom. The third-order valence-corrected chi connectivity index (χ3v) is 3.67. The quantitative estimate of drug-likeness (QED) is 0.490. The zero-order chi connectivity index (χ0) is 14.0. The van der Waals surface area contributed by atoms with E-state index in [9.17, 15) is 14.9 Å². The minimum absolute atomic E-state index is 0.0346. The third kappa shape index (κ3) is 2.45. The summed E-state index contributed by atoms with van der Waals surface area (Å²) < 4.78 is 4.64. The number of thiazole rings is 1. The number of aromatic nitrogens is 1. The van der Waals surface area contributed by atoms with Gasteiger partial charge in [-0.15, -0.1) is 11.3 Å². The summed E-state index contributed by atoms with van der Waals surface area (Å²) in [5.41, 5.74) is 0.869. The number of esters is 1. The van der Waals surface area contributed by atoms with Crippen LogP contribution in [0, 0.1) is 17.0 Å². The van der Waals surface area contributed by atoms with Crippen molar-refractivity contribution >= 4 is 23.0 Å². The van der Waals surface area contributed by atoms with Crippen molar-refractivity contribution in [2.75, 3.05) is 7.11 Å². The molecule has 0 amide bonds. The van der Waals surface area contributed by atoms with Gasteiger partial charge in [-0.1, -0.05) is 12.1 Å². The van der Waals surface area contributed by atoms with Crippen molar-refractivity contribution in [3.05, 3.63) is 45.0 Å². The molecular formula is C12H10N2O4S. The summed E-state index contributed by atoms with van der Waals surface area (Å²) in [6, 6.07) is 6.29. The maximum atomic E-state index is 11.5. The van der Waals surface area contributed by atoms with Crippen molar-refractivity contribution < 1.29 is 14.5 Å². The van der Waals surface area contributed by atoms with E-state index in [1.165, 1.54) is 13.2 Å². The van der Waals surface area contributed by atoms with Crippen LogP contribution in [0.15, 0.2) is 24.3 Å². The Morgan fingerprint density at radius 2 is 2.11 bits per heavy atom. The number of rotatable bonds is 3. The number of carbonyl (C=O) groups is 1. The molecule has 0 radical (unpaired) electrons. The molecule has 0 aliphatic carbocycles. The molecule has 2 aromatic rings. The number of methoxy groups -OCH3 is 1. The normalized spacial score (nSPS) is 10.2. The highest BCUT2D eigenvalue weighted by atomic mass is 32.1. The van der Waals surface area contributed by atoms with E-state index in [2.05, 4.69) is 9.72 Å². The molecule has 19 heavy (non-hydrogen) atoms. The molecule has 0 bridgehead atoms. The molecule has 7 heteroatoms. The second-order valence-corrected chi connectivity index (χ2v) is 4.70. The molecular weight excluding hydrogens is 268 g/mol. The average molecular weight is 278 g/mol. The van der Waals surface area contributed by atoms with Crippen LogP contribution >= 0.6 is 11.3 Å². The first-order valence-electron chi connectivity index (χ1n) is 5.34. The zero-order valence-electron chi connectivity index (χ0n) is 10.2. The van der Waals surface area contributed by atoms with Crippen molar-refractivity contribution in [2.45, 2.75) is 6.92 Å². The Kier molecular flexibility index (Phi) is 3.57. The Bertz CT molecular complexity index is 651. The molecule has 0 aliphatic heterocycles. The van der Waals surface area contributed by atoms with Crippen molar-refractivity contribution in [3.63, 3.8) is 0 Å². The number of hydrogen-bond acceptors (Lipinski definition) is 6. The molecule has 0 spiro atoms. The summed E-state index contributed by atoms with van der Waals surface area (Å²) in [6.07, 6.45) is 0. The van der Waals surface area contributed by atoms with Gasteiger partial charge in [-0.2, -0.15) is 0 Å². The van der Waals surface area contributed by atoms with E-state index >= 15 is 0 Å². The first-order valence-corrected chi connectivity index (χ1v) is 6.15. The summed E-state index contributed by atoms with van der Waals surface area (Å²) in [5, 5.41) is 11.4. The standard InChI is InChI=1S/C12H10N2O4S/c1-7-10(12(15)18-2)19-11(13-7)8-5-3-4-6-9(8)14(16)17/h3-6H,1-2H3. The van der Waals surface area contributed by atoms with Crippen LogP contribution in [0.4, 0.5) is 5.69 Å². The van der Waals surface area contributed by atoms with Crippen LogP contribution in [-0.4, -0.2) is 23.0 Å². The second kappa shape index (κ2) is 5.15. The largest absolute Gasteiger partial charge is 0.465 e. The Morgan fingerprint density at radius 1 is 1.42 bits per heavy atom. The number of benzene rings is 1. The number of nitrogens with zero attached hydrogens (tertiary/aromatic N) is 2. The molecule has 6 nitrogen and oxygen atoms in total. The molecule has 0 unspecified atom stereocenters. The topological polar surface area (TPSA) is 82.3 Å². The monoisotopic (exact) mass is 278 g/mol. The number of nitro groups is 1. The van der Waals surface area contributed by atoms with E-state index in [1.807, 2.05) is 0 Å². The van der Waals surface area contributed by atoms with Gasteiger partial charge >= 0.3 is 5.97 Å². The molecule has 1 aromatic heterocycles. The third-order valence-electron chi connectivity index (χ3n) is 2.50. The van der Waals surface area contributed by atoms with E-state index in [1.54, 1.807) is 25.1 Å². The lowest BCUT2D eigenvalue weighted by Gasteiger charge is -1.97. The van der Waals surface area contributed by atoms with Crippen LogP contribution < -0.4 is 0 Å². The lowest BCUT2D eigenvalue weighted by Crippen LogP contribution is -1.99. The fourth-order valence-corrected chi connectivity index (χ4v) is 2.63. The van der Waals surface area contributed by atoms with Gasteiger partial charge in [0.05, 0.1) is 23.3 Å². The first-order chi connectivity index (χ1) is 9.04. The van der Waals surface area contributed by atoms with Crippen LogP contribution in [0.1, 0.15) is 15.4 Å². The molecule has 98 valence electrons. The number of aryl methyl sites for hydroxylation is 1. The van der Waals surface area contributed by atoms with Crippen LogP contribution in [0.25, 0.3) is 10.6 Å². The Balaban J connectivity index is 2.55. The summed E-state index contributed by atoms with van der Waals surface area (Å²) >= 11 is 1.09. The van der Waals surface area contributed by atoms with Crippen LogP contribution in [0.2, 0.25) is 0 Å².